The summed E-state index contributed by atoms with van der Waals surface area (Å²) in [4.78, 5) is 11.0. The van der Waals surface area contributed by atoms with Gasteiger partial charge in [0.15, 0.2) is 0 Å². The minimum absolute atomic E-state index is 0.0116. The maximum Gasteiger partial charge on any atom is 0.309 e. The molecule has 0 radical (unpaired) electrons. The van der Waals surface area contributed by atoms with Crippen molar-refractivity contribution < 1.29 is 9.53 Å². The fraction of sp³-hybridized carbons (Fsp3) is 0.875. The van der Waals surface area contributed by atoms with E-state index in [9.17, 15) is 4.79 Å². The van der Waals surface area contributed by atoms with Crippen LogP contribution in [-0.4, -0.2) is 12.6 Å². The van der Waals surface area contributed by atoms with Crippen LogP contribution in [0.3, 0.4) is 0 Å². The molecule has 58 valence electrons. The molecular weight excluding hydrogens is 128 g/mol. The molecule has 0 aromatic rings. The summed E-state index contributed by atoms with van der Waals surface area (Å²) in [6.45, 7) is 6.53. The summed E-state index contributed by atoms with van der Waals surface area (Å²) in [5, 5.41) is 0. The zero-order valence-corrected chi connectivity index (χ0v) is 6.76. The van der Waals surface area contributed by atoms with Crippen LogP contribution in [-0.2, 0) is 9.53 Å². The molecule has 1 unspecified atom stereocenters. The van der Waals surface area contributed by atoms with Crippen LogP contribution in [0.4, 0.5) is 0 Å². The molecule has 0 aromatic heterocycles. The van der Waals surface area contributed by atoms with Crippen LogP contribution in [0.5, 0.6) is 0 Å². The third kappa shape index (κ3) is 1.15. The van der Waals surface area contributed by atoms with Gasteiger partial charge in [-0.2, -0.15) is 0 Å². The predicted molar refractivity (Wildman–Crippen MR) is 38.5 cm³/mol. The highest BCUT2D eigenvalue weighted by atomic mass is 16.5. The quantitative estimate of drug-likeness (QED) is 0.545. The Kier molecular flexibility index (Phi) is 1.97. The van der Waals surface area contributed by atoms with E-state index in [0.29, 0.717) is 18.4 Å². The molecule has 1 fully saturated rings. The second-order valence-corrected chi connectivity index (χ2v) is 3.00. The van der Waals surface area contributed by atoms with Crippen LogP contribution in [0, 0.1) is 17.8 Å². The molecule has 1 aliphatic rings. The molecule has 10 heavy (non-hydrogen) atoms. The van der Waals surface area contributed by atoms with Crippen molar-refractivity contribution in [1.82, 2.24) is 0 Å². The number of hydrogen-bond acceptors (Lipinski definition) is 2. The van der Waals surface area contributed by atoms with E-state index in [2.05, 4.69) is 13.8 Å². The Hall–Kier alpha value is -0.530. The number of hydrogen-bond donors (Lipinski definition) is 0. The molecular formula is C8H14O2. The lowest BCUT2D eigenvalue weighted by molar-refractivity contribution is -0.145. The molecule has 0 bridgehead atoms. The Morgan fingerprint density at radius 2 is 1.90 bits per heavy atom. The van der Waals surface area contributed by atoms with Crippen molar-refractivity contribution in [3.63, 3.8) is 0 Å². The van der Waals surface area contributed by atoms with Gasteiger partial charge in [-0.3, -0.25) is 4.79 Å². The van der Waals surface area contributed by atoms with Crippen LogP contribution in [0.2, 0.25) is 0 Å². The lowest BCUT2D eigenvalue weighted by Crippen LogP contribution is -2.07. The summed E-state index contributed by atoms with van der Waals surface area (Å²) in [5.74, 6) is 1.26. The van der Waals surface area contributed by atoms with E-state index in [0.717, 1.165) is 0 Å². The van der Waals surface area contributed by atoms with Gasteiger partial charge in [0.1, 0.15) is 0 Å². The van der Waals surface area contributed by atoms with Gasteiger partial charge in [-0.15, -0.1) is 0 Å². The zero-order valence-electron chi connectivity index (χ0n) is 6.76. The Bertz CT molecular complexity index is 134. The molecule has 1 saturated carbocycles. The summed E-state index contributed by atoms with van der Waals surface area (Å²) >= 11 is 0. The fourth-order valence-corrected chi connectivity index (χ4v) is 1.33. The minimum atomic E-state index is -0.0116. The predicted octanol–water partition coefficient (Wildman–Crippen LogP) is 1.45. The van der Waals surface area contributed by atoms with E-state index in [1.165, 1.54) is 0 Å². The Balaban J connectivity index is 2.31. The number of esters is 1. The lowest BCUT2D eigenvalue weighted by atomic mass is 10.3. The zero-order chi connectivity index (χ0) is 7.72. The van der Waals surface area contributed by atoms with Gasteiger partial charge < -0.3 is 4.74 Å². The van der Waals surface area contributed by atoms with E-state index in [-0.39, 0.29) is 11.9 Å². The molecule has 2 heteroatoms. The summed E-state index contributed by atoms with van der Waals surface area (Å²) in [6.07, 6.45) is 0. The van der Waals surface area contributed by atoms with Gasteiger partial charge in [0.2, 0.25) is 0 Å². The fourth-order valence-electron chi connectivity index (χ4n) is 1.33. The SMILES string of the molecule is CCOC(=O)C1[C@@H](C)[C@H]1C. The number of ether oxygens (including phenoxy) is 1. The molecule has 1 rings (SSSR count). The van der Waals surface area contributed by atoms with Crippen molar-refractivity contribution in [3.05, 3.63) is 0 Å². The van der Waals surface area contributed by atoms with Crippen molar-refractivity contribution in [2.45, 2.75) is 20.8 Å². The maximum absolute atomic E-state index is 11.0. The molecule has 0 saturated heterocycles. The van der Waals surface area contributed by atoms with Crippen molar-refractivity contribution in [3.8, 4) is 0 Å². The molecule has 0 amide bonds. The number of rotatable bonds is 2. The van der Waals surface area contributed by atoms with Gasteiger partial charge in [-0.05, 0) is 18.8 Å². The van der Waals surface area contributed by atoms with Gasteiger partial charge in [0, 0.05) is 0 Å². The van der Waals surface area contributed by atoms with Gasteiger partial charge in [0.25, 0.3) is 0 Å². The van der Waals surface area contributed by atoms with Gasteiger partial charge >= 0.3 is 5.97 Å². The summed E-state index contributed by atoms with van der Waals surface area (Å²) in [6, 6.07) is 0. The summed E-state index contributed by atoms with van der Waals surface area (Å²) < 4.78 is 4.87. The lowest BCUT2D eigenvalue weighted by Gasteiger charge is -1.97. The second kappa shape index (κ2) is 2.60. The van der Waals surface area contributed by atoms with Crippen LogP contribution in [0.15, 0.2) is 0 Å². The molecule has 0 aromatic carbocycles. The van der Waals surface area contributed by atoms with Crippen molar-refractivity contribution in [1.29, 1.82) is 0 Å². The van der Waals surface area contributed by atoms with Crippen molar-refractivity contribution in [2.75, 3.05) is 6.61 Å². The molecule has 2 nitrogen and oxygen atoms in total. The van der Waals surface area contributed by atoms with E-state index in [4.69, 9.17) is 4.74 Å². The molecule has 0 aliphatic heterocycles. The largest absolute Gasteiger partial charge is 0.466 e. The van der Waals surface area contributed by atoms with Gasteiger partial charge in [-0.1, -0.05) is 13.8 Å². The molecule has 0 N–H and O–H groups in total. The Labute approximate surface area is 61.6 Å². The van der Waals surface area contributed by atoms with E-state index >= 15 is 0 Å². The third-order valence-corrected chi connectivity index (χ3v) is 2.38. The molecule has 3 atom stereocenters. The smallest absolute Gasteiger partial charge is 0.309 e. The van der Waals surface area contributed by atoms with Gasteiger partial charge in [-0.25, -0.2) is 0 Å². The van der Waals surface area contributed by atoms with Crippen molar-refractivity contribution >= 4 is 5.97 Å². The van der Waals surface area contributed by atoms with Crippen LogP contribution in [0.1, 0.15) is 20.8 Å². The van der Waals surface area contributed by atoms with Gasteiger partial charge in [0.05, 0.1) is 12.5 Å². The highest BCUT2D eigenvalue weighted by Gasteiger charge is 2.49. The monoisotopic (exact) mass is 142 g/mol. The number of carbonyl (C=O) groups excluding carboxylic acids is 1. The number of carbonyl (C=O) groups is 1. The standard InChI is InChI=1S/C8H14O2/c1-4-10-8(9)7-5(2)6(7)3/h5-7H,4H2,1-3H3/t5-,6+,7?. The molecule has 0 heterocycles. The van der Waals surface area contributed by atoms with E-state index in [1.807, 2.05) is 6.92 Å². The second-order valence-electron chi connectivity index (χ2n) is 3.00. The Morgan fingerprint density at radius 1 is 1.40 bits per heavy atom. The van der Waals surface area contributed by atoms with Crippen LogP contribution >= 0.6 is 0 Å². The third-order valence-electron chi connectivity index (χ3n) is 2.38. The summed E-state index contributed by atoms with van der Waals surface area (Å²) in [5.41, 5.74) is 0. The van der Waals surface area contributed by atoms with Crippen LogP contribution < -0.4 is 0 Å². The maximum atomic E-state index is 11.0. The Morgan fingerprint density at radius 3 is 2.20 bits per heavy atom. The molecule has 1 aliphatic carbocycles. The minimum Gasteiger partial charge on any atom is -0.466 e. The average molecular weight is 142 g/mol. The van der Waals surface area contributed by atoms with E-state index in [1.54, 1.807) is 0 Å². The first-order valence-corrected chi connectivity index (χ1v) is 3.85. The highest BCUT2D eigenvalue weighted by Crippen LogP contribution is 2.45. The highest BCUT2D eigenvalue weighted by molar-refractivity contribution is 5.76. The summed E-state index contributed by atoms with van der Waals surface area (Å²) in [7, 11) is 0. The first-order valence-electron chi connectivity index (χ1n) is 3.85. The normalized spacial score (nSPS) is 37.3. The van der Waals surface area contributed by atoms with Crippen molar-refractivity contribution in [2.24, 2.45) is 17.8 Å². The van der Waals surface area contributed by atoms with E-state index < -0.39 is 0 Å². The molecule has 0 spiro atoms. The first kappa shape index (κ1) is 7.58. The average Bonchev–Trinajstić information content (AvgIpc) is 2.42. The topological polar surface area (TPSA) is 26.3 Å². The van der Waals surface area contributed by atoms with Crippen LogP contribution in [0.25, 0.3) is 0 Å². The first-order chi connectivity index (χ1) is 4.68.